The fourth-order valence-corrected chi connectivity index (χ4v) is 2.77. The van der Waals surface area contributed by atoms with E-state index in [4.69, 9.17) is 4.52 Å². The number of carbonyl (C=O) groups excluding carboxylic acids is 1. The summed E-state index contributed by atoms with van der Waals surface area (Å²) >= 11 is 0. The largest absolute Gasteiger partial charge is 0.335 e. The third kappa shape index (κ3) is 2.87. The summed E-state index contributed by atoms with van der Waals surface area (Å²) in [7, 11) is 0. The van der Waals surface area contributed by atoms with Crippen LogP contribution in [-0.2, 0) is 0 Å². The molecule has 4 rings (SSSR count). The van der Waals surface area contributed by atoms with E-state index in [0.717, 1.165) is 11.3 Å². The molecule has 0 saturated heterocycles. The van der Waals surface area contributed by atoms with Crippen LogP contribution in [0.1, 0.15) is 16.1 Å². The minimum atomic E-state index is -0.220. The lowest BCUT2D eigenvalue weighted by Crippen LogP contribution is -2.13. The predicted octanol–water partition coefficient (Wildman–Crippen LogP) is 4.45. The Morgan fingerprint density at radius 3 is 2.40 bits per heavy atom. The number of pyridine rings is 1. The minimum Gasteiger partial charge on any atom is -0.335 e. The van der Waals surface area contributed by atoms with E-state index in [1.54, 1.807) is 6.07 Å². The first-order valence-corrected chi connectivity index (χ1v) is 7.91. The molecule has 122 valence electrons. The van der Waals surface area contributed by atoms with E-state index in [1.165, 1.54) is 0 Å². The highest BCUT2D eigenvalue weighted by atomic mass is 16.5. The number of hydrogen-bond donors (Lipinski definition) is 1. The molecule has 0 aliphatic heterocycles. The van der Waals surface area contributed by atoms with Gasteiger partial charge in [-0.3, -0.25) is 4.79 Å². The van der Waals surface area contributed by atoms with Gasteiger partial charge >= 0.3 is 0 Å². The molecule has 0 bridgehead atoms. The Morgan fingerprint density at radius 2 is 1.68 bits per heavy atom. The number of aromatic nitrogens is 2. The Balaban J connectivity index is 1.85. The topological polar surface area (TPSA) is 68.0 Å². The van der Waals surface area contributed by atoms with Crippen molar-refractivity contribution >= 4 is 22.7 Å². The van der Waals surface area contributed by atoms with Crippen molar-refractivity contribution in [3.63, 3.8) is 0 Å². The second-order valence-electron chi connectivity index (χ2n) is 5.71. The number of aryl methyl sites for hydroxylation is 1. The Labute approximate surface area is 144 Å². The van der Waals surface area contributed by atoms with Crippen LogP contribution in [0.4, 0.5) is 5.69 Å². The minimum absolute atomic E-state index is 0.220. The lowest BCUT2D eigenvalue weighted by Gasteiger charge is -2.07. The summed E-state index contributed by atoms with van der Waals surface area (Å²) in [6.45, 7) is 1.82. The summed E-state index contributed by atoms with van der Waals surface area (Å²) in [6, 6.07) is 20.7. The average molecular weight is 329 g/mol. The van der Waals surface area contributed by atoms with Crippen molar-refractivity contribution in [1.29, 1.82) is 0 Å². The van der Waals surface area contributed by atoms with E-state index >= 15 is 0 Å². The normalized spacial score (nSPS) is 10.8. The van der Waals surface area contributed by atoms with Crippen LogP contribution in [0.15, 0.2) is 71.3 Å². The molecule has 25 heavy (non-hydrogen) atoms. The summed E-state index contributed by atoms with van der Waals surface area (Å²) in [5.41, 5.74) is 3.76. The zero-order valence-electron chi connectivity index (χ0n) is 13.6. The standard InChI is InChI=1S/C20H15N3O2/c1-13-12-16(19(24)22-15-10-6-3-7-11-15)17-18(23-25-20(17)21-13)14-8-4-2-5-9-14/h2-12H,1H3,(H,22,24). The highest BCUT2D eigenvalue weighted by molar-refractivity contribution is 6.14. The van der Waals surface area contributed by atoms with Crippen LogP contribution in [0.5, 0.6) is 0 Å². The first kappa shape index (κ1) is 15.1. The number of nitrogens with zero attached hydrogens (tertiary/aromatic N) is 2. The van der Waals surface area contributed by atoms with Crippen molar-refractivity contribution in [3.8, 4) is 11.3 Å². The lowest BCUT2D eigenvalue weighted by molar-refractivity contribution is 0.102. The molecular weight excluding hydrogens is 314 g/mol. The summed E-state index contributed by atoms with van der Waals surface area (Å²) in [4.78, 5) is 17.2. The molecule has 0 fully saturated rings. The molecule has 0 saturated carbocycles. The highest BCUT2D eigenvalue weighted by Gasteiger charge is 2.20. The van der Waals surface area contributed by atoms with E-state index in [-0.39, 0.29) is 5.91 Å². The second kappa shape index (κ2) is 6.20. The molecule has 0 aliphatic rings. The Morgan fingerprint density at radius 1 is 1.00 bits per heavy atom. The lowest BCUT2D eigenvalue weighted by atomic mass is 10.0. The smallest absolute Gasteiger partial charge is 0.259 e. The number of benzene rings is 2. The van der Waals surface area contributed by atoms with Gasteiger partial charge in [0.1, 0.15) is 5.69 Å². The van der Waals surface area contributed by atoms with Gasteiger partial charge in [0.2, 0.25) is 0 Å². The molecule has 5 heteroatoms. The molecule has 0 atom stereocenters. The van der Waals surface area contributed by atoms with Crippen LogP contribution < -0.4 is 5.32 Å². The number of rotatable bonds is 3. The quantitative estimate of drug-likeness (QED) is 0.603. The monoisotopic (exact) mass is 329 g/mol. The number of fused-ring (bicyclic) bond motifs is 1. The van der Waals surface area contributed by atoms with Gasteiger partial charge in [-0.2, -0.15) is 0 Å². The van der Waals surface area contributed by atoms with Gasteiger partial charge in [-0.15, -0.1) is 0 Å². The molecular formula is C20H15N3O2. The van der Waals surface area contributed by atoms with Crippen LogP contribution in [0.3, 0.4) is 0 Å². The van der Waals surface area contributed by atoms with Crippen molar-refractivity contribution in [2.24, 2.45) is 0 Å². The maximum atomic E-state index is 12.9. The van der Waals surface area contributed by atoms with Gasteiger partial charge < -0.3 is 9.84 Å². The number of nitrogens with one attached hydrogen (secondary N) is 1. The third-order valence-electron chi connectivity index (χ3n) is 3.90. The molecule has 0 spiro atoms. The molecule has 0 aliphatic carbocycles. The summed E-state index contributed by atoms with van der Waals surface area (Å²) in [5.74, 6) is -0.220. The van der Waals surface area contributed by atoms with Gasteiger partial charge in [-0.1, -0.05) is 53.7 Å². The molecule has 1 amide bonds. The zero-order valence-corrected chi connectivity index (χ0v) is 13.6. The van der Waals surface area contributed by atoms with E-state index in [9.17, 15) is 4.79 Å². The maximum Gasteiger partial charge on any atom is 0.259 e. The fourth-order valence-electron chi connectivity index (χ4n) is 2.77. The molecule has 2 aromatic carbocycles. The fraction of sp³-hybridized carbons (Fsp3) is 0.0500. The van der Waals surface area contributed by atoms with Gasteiger partial charge in [0.05, 0.1) is 10.9 Å². The number of carbonyl (C=O) groups is 1. The van der Waals surface area contributed by atoms with Crippen LogP contribution >= 0.6 is 0 Å². The predicted molar refractivity (Wildman–Crippen MR) is 96.4 cm³/mol. The SMILES string of the molecule is Cc1cc(C(=O)Nc2ccccc2)c2c(-c3ccccc3)noc2n1. The van der Waals surface area contributed by atoms with E-state index in [1.807, 2.05) is 67.6 Å². The average Bonchev–Trinajstić information content (AvgIpc) is 3.06. The van der Waals surface area contributed by atoms with Gasteiger partial charge in [-0.25, -0.2) is 4.98 Å². The Kier molecular flexibility index (Phi) is 3.74. The van der Waals surface area contributed by atoms with Crippen LogP contribution in [0, 0.1) is 6.92 Å². The van der Waals surface area contributed by atoms with Gasteiger partial charge in [-0.05, 0) is 25.1 Å². The van der Waals surface area contributed by atoms with Crippen LogP contribution in [-0.4, -0.2) is 16.0 Å². The van der Waals surface area contributed by atoms with Crippen molar-refractivity contribution < 1.29 is 9.32 Å². The molecule has 1 N–H and O–H groups in total. The second-order valence-corrected chi connectivity index (χ2v) is 5.71. The molecule has 0 radical (unpaired) electrons. The molecule has 4 aromatic rings. The molecule has 5 nitrogen and oxygen atoms in total. The number of para-hydroxylation sites is 1. The summed E-state index contributed by atoms with van der Waals surface area (Å²) in [6.07, 6.45) is 0. The van der Waals surface area contributed by atoms with Gasteiger partial charge in [0, 0.05) is 16.9 Å². The van der Waals surface area contributed by atoms with E-state index in [0.29, 0.717) is 28.1 Å². The van der Waals surface area contributed by atoms with Crippen LogP contribution in [0.2, 0.25) is 0 Å². The van der Waals surface area contributed by atoms with Crippen molar-refractivity contribution in [1.82, 2.24) is 10.1 Å². The van der Waals surface area contributed by atoms with Crippen molar-refractivity contribution in [3.05, 3.63) is 78.0 Å². The highest BCUT2D eigenvalue weighted by Crippen LogP contribution is 2.30. The first-order chi connectivity index (χ1) is 12.2. The Bertz CT molecular complexity index is 1040. The third-order valence-corrected chi connectivity index (χ3v) is 3.90. The number of amides is 1. The Hall–Kier alpha value is -3.47. The number of hydrogen-bond acceptors (Lipinski definition) is 4. The first-order valence-electron chi connectivity index (χ1n) is 7.91. The molecule has 0 unspecified atom stereocenters. The van der Waals surface area contributed by atoms with Crippen molar-refractivity contribution in [2.75, 3.05) is 5.32 Å². The van der Waals surface area contributed by atoms with Gasteiger partial charge in [0.15, 0.2) is 0 Å². The van der Waals surface area contributed by atoms with Crippen LogP contribution in [0.25, 0.3) is 22.4 Å². The molecule has 2 heterocycles. The van der Waals surface area contributed by atoms with Crippen molar-refractivity contribution in [2.45, 2.75) is 6.92 Å². The maximum absolute atomic E-state index is 12.9. The molecule has 2 aromatic heterocycles. The zero-order chi connectivity index (χ0) is 17.2. The van der Waals surface area contributed by atoms with Gasteiger partial charge in [0.25, 0.3) is 11.6 Å². The summed E-state index contributed by atoms with van der Waals surface area (Å²) in [5, 5.41) is 7.67. The number of anilines is 1. The summed E-state index contributed by atoms with van der Waals surface area (Å²) < 4.78 is 5.38. The van der Waals surface area contributed by atoms with E-state index in [2.05, 4.69) is 15.5 Å². The van der Waals surface area contributed by atoms with E-state index < -0.39 is 0 Å².